The number of nitrogens with one attached hydrogen (secondary N) is 2. The van der Waals surface area contributed by atoms with Crippen molar-refractivity contribution >= 4 is 22.8 Å². The fourth-order valence-electron chi connectivity index (χ4n) is 2.44. The Morgan fingerprint density at radius 1 is 1.27 bits per heavy atom. The van der Waals surface area contributed by atoms with Gasteiger partial charge in [0.15, 0.2) is 5.96 Å². The number of carbonyl (C=O) groups excluding carboxylic acids is 1. The number of pyridine rings is 1. The second-order valence-corrected chi connectivity index (χ2v) is 4.98. The first kappa shape index (κ1) is 13.8. The molecule has 0 spiro atoms. The standard InChI is InChI=1S/C16H15N5O/c1-10-8-21(9-12(10)15(22)20-16(17)18)14-6-2-5-13-11(14)4-3-7-19-13/h2-9H,1H3,(H4,17,18,20,22). The second kappa shape index (κ2) is 5.33. The Labute approximate surface area is 127 Å². The van der Waals surface area contributed by atoms with Gasteiger partial charge in [0.25, 0.3) is 5.91 Å². The van der Waals surface area contributed by atoms with Gasteiger partial charge in [-0.05, 0) is 36.8 Å². The molecule has 0 aliphatic rings. The third kappa shape index (κ3) is 2.42. The van der Waals surface area contributed by atoms with E-state index in [4.69, 9.17) is 11.1 Å². The summed E-state index contributed by atoms with van der Waals surface area (Å²) in [4.78, 5) is 16.4. The summed E-state index contributed by atoms with van der Waals surface area (Å²) in [5.41, 5.74) is 8.33. The zero-order valence-corrected chi connectivity index (χ0v) is 12.0. The summed E-state index contributed by atoms with van der Waals surface area (Å²) in [5.74, 6) is -0.756. The zero-order valence-electron chi connectivity index (χ0n) is 12.0. The number of nitrogens with zero attached hydrogens (tertiary/aromatic N) is 2. The Bertz CT molecular complexity index is 876. The highest BCUT2D eigenvalue weighted by Crippen LogP contribution is 2.22. The van der Waals surface area contributed by atoms with E-state index in [0.29, 0.717) is 5.56 Å². The van der Waals surface area contributed by atoms with Gasteiger partial charge in [0, 0.05) is 24.0 Å². The van der Waals surface area contributed by atoms with Gasteiger partial charge < -0.3 is 10.3 Å². The van der Waals surface area contributed by atoms with Crippen LogP contribution in [0, 0.1) is 12.3 Å². The largest absolute Gasteiger partial charge is 0.370 e. The Kier molecular flexibility index (Phi) is 3.34. The second-order valence-electron chi connectivity index (χ2n) is 4.98. The van der Waals surface area contributed by atoms with Gasteiger partial charge in [0.2, 0.25) is 0 Å². The summed E-state index contributed by atoms with van der Waals surface area (Å²) < 4.78 is 1.88. The van der Waals surface area contributed by atoms with Gasteiger partial charge in [-0.3, -0.25) is 20.5 Å². The number of fused-ring (bicyclic) bond motifs is 1. The molecule has 0 unspecified atom stereocenters. The minimum atomic E-state index is -0.387. The number of aromatic nitrogens is 2. The molecule has 3 aromatic rings. The molecule has 2 aromatic heterocycles. The molecule has 2 heterocycles. The topological polar surface area (TPSA) is 96.8 Å². The molecule has 0 saturated carbocycles. The number of nitrogens with two attached hydrogens (primary N) is 1. The van der Waals surface area contributed by atoms with Crippen LogP contribution in [0.1, 0.15) is 15.9 Å². The van der Waals surface area contributed by atoms with E-state index in [2.05, 4.69) is 10.3 Å². The number of guanidine groups is 1. The number of aryl methyl sites for hydroxylation is 1. The van der Waals surface area contributed by atoms with Crippen molar-refractivity contribution in [2.75, 3.05) is 0 Å². The normalized spacial score (nSPS) is 10.6. The molecular weight excluding hydrogens is 278 g/mol. The molecule has 6 nitrogen and oxygen atoms in total. The molecule has 0 radical (unpaired) electrons. The molecule has 0 aliphatic carbocycles. The lowest BCUT2D eigenvalue weighted by Crippen LogP contribution is -2.35. The Balaban J connectivity index is 2.09. The number of rotatable bonds is 2. The first-order valence-corrected chi connectivity index (χ1v) is 6.74. The highest BCUT2D eigenvalue weighted by molar-refractivity contribution is 6.05. The molecule has 0 saturated heterocycles. The van der Waals surface area contributed by atoms with E-state index >= 15 is 0 Å². The van der Waals surface area contributed by atoms with Crippen LogP contribution >= 0.6 is 0 Å². The van der Waals surface area contributed by atoms with Crippen molar-refractivity contribution in [1.29, 1.82) is 5.41 Å². The number of carbonyl (C=O) groups is 1. The molecule has 1 aromatic carbocycles. The molecule has 0 fully saturated rings. The van der Waals surface area contributed by atoms with Crippen molar-refractivity contribution in [3.63, 3.8) is 0 Å². The van der Waals surface area contributed by atoms with Crippen LogP contribution in [0.25, 0.3) is 16.6 Å². The summed E-state index contributed by atoms with van der Waals surface area (Å²) in [5, 5.41) is 10.5. The van der Waals surface area contributed by atoms with Crippen LogP contribution in [-0.4, -0.2) is 21.4 Å². The molecule has 6 heteroatoms. The highest BCUT2D eigenvalue weighted by atomic mass is 16.1. The van der Waals surface area contributed by atoms with Gasteiger partial charge in [0.1, 0.15) is 0 Å². The Hall–Kier alpha value is -3.15. The van der Waals surface area contributed by atoms with Crippen LogP contribution in [0.5, 0.6) is 0 Å². The molecule has 3 rings (SSSR count). The quantitative estimate of drug-likeness (QED) is 0.497. The average Bonchev–Trinajstić information content (AvgIpc) is 2.88. The lowest BCUT2D eigenvalue weighted by atomic mass is 10.2. The Morgan fingerprint density at radius 2 is 2.09 bits per heavy atom. The van der Waals surface area contributed by atoms with E-state index in [9.17, 15) is 4.79 Å². The van der Waals surface area contributed by atoms with Crippen molar-refractivity contribution < 1.29 is 4.79 Å². The lowest BCUT2D eigenvalue weighted by Gasteiger charge is -2.07. The van der Waals surface area contributed by atoms with Crippen LogP contribution in [0.3, 0.4) is 0 Å². The summed E-state index contributed by atoms with van der Waals surface area (Å²) in [6, 6.07) is 9.71. The predicted molar refractivity (Wildman–Crippen MR) is 85.2 cm³/mol. The van der Waals surface area contributed by atoms with Crippen molar-refractivity contribution in [3.05, 3.63) is 60.0 Å². The van der Waals surface area contributed by atoms with Crippen molar-refractivity contribution in [2.24, 2.45) is 5.73 Å². The van der Waals surface area contributed by atoms with E-state index in [1.807, 2.05) is 48.0 Å². The van der Waals surface area contributed by atoms with Gasteiger partial charge in [-0.15, -0.1) is 0 Å². The molecule has 0 atom stereocenters. The van der Waals surface area contributed by atoms with Gasteiger partial charge in [0.05, 0.1) is 16.8 Å². The molecule has 0 aliphatic heterocycles. The van der Waals surface area contributed by atoms with Crippen LogP contribution in [-0.2, 0) is 0 Å². The number of hydrogen-bond acceptors (Lipinski definition) is 3. The van der Waals surface area contributed by atoms with Crippen LogP contribution in [0.15, 0.2) is 48.9 Å². The van der Waals surface area contributed by atoms with E-state index in [1.54, 1.807) is 12.4 Å². The first-order valence-electron chi connectivity index (χ1n) is 6.74. The maximum absolute atomic E-state index is 12.0. The maximum atomic E-state index is 12.0. The van der Waals surface area contributed by atoms with Crippen LogP contribution in [0.4, 0.5) is 0 Å². The van der Waals surface area contributed by atoms with E-state index in [-0.39, 0.29) is 11.9 Å². The predicted octanol–water partition coefficient (Wildman–Crippen LogP) is 1.96. The van der Waals surface area contributed by atoms with E-state index < -0.39 is 0 Å². The molecule has 22 heavy (non-hydrogen) atoms. The number of hydrogen-bond donors (Lipinski definition) is 3. The lowest BCUT2D eigenvalue weighted by molar-refractivity contribution is 0.0976. The number of benzene rings is 1. The molecule has 4 N–H and O–H groups in total. The minimum absolute atomic E-state index is 0.369. The van der Waals surface area contributed by atoms with Gasteiger partial charge in [-0.1, -0.05) is 6.07 Å². The summed E-state index contributed by atoms with van der Waals surface area (Å²) in [6.45, 7) is 1.84. The highest BCUT2D eigenvalue weighted by Gasteiger charge is 2.14. The van der Waals surface area contributed by atoms with Gasteiger partial charge >= 0.3 is 0 Å². The fraction of sp³-hybridized carbons (Fsp3) is 0.0625. The summed E-state index contributed by atoms with van der Waals surface area (Å²) >= 11 is 0. The minimum Gasteiger partial charge on any atom is -0.370 e. The van der Waals surface area contributed by atoms with E-state index in [1.165, 1.54) is 0 Å². The van der Waals surface area contributed by atoms with Crippen LogP contribution < -0.4 is 11.1 Å². The monoisotopic (exact) mass is 293 g/mol. The van der Waals surface area contributed by atoms with Crippen molar-refractivity contribution in [2.45, 2.75) is 6.92 Å². The smallest absolute Gasteiger partial charge is 0.259 e. The van der Waals surface area contributed by atoms with E-state index in [0.717, 1.165) is 22.2 Å². The van der Waals surface area contributed by atoms with Crippen molar-refractivity contribution in [3.8, 4) is 5.69 Å². The fourth-order valence-corrected chi connectivity index (χ4v) is 2.44. The zero-order chi connectivity index (χ0) is 15.7. The number of amides is 1. The Morgan fingerprint density at radius 3 is 2.86 bits per heavy atom. The molecule has 0 bridgehead atoms. The molecular formula is C16H15N5O. The SMILES string of the molecule is Cc1cn(-c2cccc3ncccc23)cc1C(=O)NC(=N)N. The van der Waals surface area contributed by atoms with Crippen LogP contribution in [0.2, 0.25) is 0 Å². The average molecular weight is 293 g/mol. The first-order chi connectivity index (χ1) is 10.6. The maximum Gasteiger partial charge on any atom is 0.259 e. The summed E-state index contributed by atoms with van der Waals surface area (Å²) in [7, 11) is 0. The molecule has 110 valence electrons. The third-order valence-corrected chi connectivity index (χ3v) is 3.42. The van der Waals surface area contributed by atoms with Crippen molar-refractivity contribution in [1.82, 2.24) is 14.9 Å². The summed E-state index contributed by atoms with van der Waals surface area (Å²) in [6.07, 6.45) is 5.35. The van der Waals surface area contributed by atoms with Gasteiger partial charge in [-0.2, -0.15) is 0 Å². The van der Waals surface area contributed by atoms with Gasteiger partial charge in [-0.25, -0.2) is 0 Å². The third-order valence-electron chi connectivity index (χ3n) is 3.42. The molecule has 1 amide bonds.